The molecule has 0 saturated heterocycles. The first-order valence-electron chi connectivity index (χ1n) is 4.28. The lowest BCUT2D eigenvalue weighted by Gasteiger charge is -2.09. The van der Waals surface area contributed by atoms with Crippen LogP contribution in [0.1, 0.15) is 0 Å². The number of fused-ring (bicyclic) bond motifs is 1. The minimum absolute atomic E-state index is 1.37. The van der Waals surface area contributed by atoms with E-state index < -0.39 is 56.4 Å². The molecular weight excluding hydrogens is 285 g/mol. The van der Waals surface area contributed by atoms with Crippen molar-refractivity contribution in [3.8, 4) is 0 Å². The molecule has 0 heterocycles. The normalized spacial score (nSPS) is 11.3. The maximum atomic E-state index is 13.4. The van der Waals surface area contributed by atoms with E-state index in [-0.39, 0.29) is 0 Å². The Kier molecular flexibility index (Phi) is 2.84. The standard InChI is InChI=1S/C10F7S/c11-3-1-2(4(12)8(16)7(3)15)6(14)10(18)9(17)5(1)13. The van der Waals surface area contributed by atoms with Crippen molar-refractivity contribution in [1.29, 1.82) is 0 Å². The van der Waals surface area contributed by atoms with Gasteiger partial charge in [0, 0.05) is 0 Å². The highest BCUT2D eigenvalue weighted by Gasteiger charge is 2.29. The molecule has 2 rings (SSSR count). The van der Waals surface area contributed by atoms with E-state index in [0.717, 1.165) is 0 Å². The van der Waals surface area contributed by atoms with Crippen molar-refractivity contribution in [2.75, 3.05) is 0 Å². The van der Waals surface area contributed by atoms with E-state index in [1.54, 1.807) is 0 Å². The number of hydrogen-bond acceptors (Lipinski definition) is 0. The Morgan fingerprint density at radius 1 is 0.444 bits per heavy atom. The monoisotopic (exact) mass is 285 g/mol. The molecular formula is C10F7S. The Bertz CT molecular complexity index is 567. The highest BCUT2D eigenvalue weighted by Crippen LogP contribution is 2.35. The van der Waals surface area contributed by atoms with Crippen molar-refractivity contribution in [2.45, 2.75) is 4.90 Å². The molecule has 0 atom stereocenters. The fourth-order valence-corrected chi connectivity index (χ4v) is 1.65. The van der Waals surface area contributed by atoms with Gasteiger partial charge in [-0.05, 0) is 0 Å². The first-order chi connectivity index (χ1) is 8.29. The second kappa shape index (κ2) is 3.98. The zero-order chi connectivity index (χ0) is 13.8. The smallest absolute Gasteiger partial charge is 0.198 e. The third-order valence-corrected chi connectivity index (χ3v) is 2.66. The molecule has 0 spiro atoms. The van der Waals surface area contributed by atoms with Gasteiger partial charge in [-0.25, -0.2) is 30.7 Å². The van der Waals surface area contributed by atoms with Crippen molar-refractivity contribution >= 4 is 23.4 Å². The van der Waals surface area contributed by atoms with Crippen LogP contribution in [0.15, 0.2) is 4.90 Å². The lowest BCUT2D eigenvalue weighted by atomic mass is 10.1. The Morgan fingerprint density at radius 3 is 1.22 bits per heavy atom. The van der Waals surface area contributed by atoms with Crippen LogP contribution < -0.4 is 0 Å². The highest BCUT2D eigenvalue weighted by atomic mass is 32.1. The van der Waals surface area contributed by atoms with Gasteiger partial charge in [0.25, 0.3) is 0 Å². The van der Waals surface area contributed by atoms with Crippen LogP contribution in [-0.2, 0) is 0 Å². The van der Waals surface area contributed by atoms with Gasteiger partial charge in [0.1, 0.15) is 4.90 Å². The molecule has 8 heteroatoms. The van der Waals surface area contributed by atoms with Crippen molar-refractivity contribution < 1.29 is 30.7 Å². The minimum atomic E-state index is -2.37. The van der Waals surface area contributed by atoms with Crippen LogP contribution in [0.25, 0.3) is 10.8 Å². The summed E-state index contributed by atoms with van der Waals surface area (Å²) in [6.07, 6.45) is 0. The van der Waals surface area contributed by atoms with E-state index in [4.69, 9.17) is 0 Å². The van der Waals surface area contributed by atoms with E-state index in [9.17, 15) is 30.7 Å². The van der Waals surface area contributed by atoms with Gasteiger partial charge in [-0.1, -0.05) is 12.6 Å². The average Bonchev–Trinajstić information content (AvgIpc) is 2.35. The largest absolute Gasteiger partial charge is 0.204 e. The predicted molar refractivity (Wildman–Crippen MR) is 49.5 cm³/mol. The summed E-state index contributed by atoms with van der Waals surface area (Å²) in [4.78, 5) is -1.37. The molecule has 0 bridgehead atoms. The van der Waals surface area contributed by atoms with Gasteiger partial charge in [-0.15, -0.1) is 0 Å². The molecule has 0 aliphatic carbocycles. The van der Waals surface area contributed by atoms with Crippen LogP contribution >= 0.6 is 12.6 Å². The second-order valence-electron chi connectivity index (χ2n) is 3.28. The lowest BCUT2D eigenvalue weighted by Crippen LogP contribution is -2.04. The predicted octanol–water partition coefficient (Wildman–Crippen LogP) is 4.37. The zero-order valence-electron chi connectivity index (χ0n) is 8.05. The molecule has 0 fully saturated rings. The van der Waals surface area contributed by atoms with E-state index in [1.807, 2.05) is 0 Å². The van der Waals surface area contributed by atoms with Crippen LogP contribution in [0.2, 0.25) is 0 Å². The summed E-state index contributed by atoms with van der Waals surface area (Å²) in [7, 11) is 0. The molecule has 0 aliphatic heterocycles. The average molecular weight is 285 g/mol. The molecule has 95 valence electrons. The SMILES string of the molecule is Fc1c(F)c(F)c2c(F)c([S])c(F)c(F)c2c1F. The van der Waals surface area contributed by atoms with Crippen molar-refractivity contribution in [3.63, 3.8) is 0 Å². The fraction of sp³-hybridized carbons (Fsp3) is 0. The number of benzene rings is 2. The summed E-state index contributed by atoms with van der Waals surface area (Å²) in [5.41, 5.74) is 0. The summed E-state index contributed by atoms with van der Waals surface area (Å²) in [5, 5.41) is -3.22. The molecule has 0 aromatic heterocycles. The highest BCUT2D eigenvalue weighted by molar-refractivity contribution is 7.80. The first kappa shape index (κ1) is 12.9. The lowest BCUT2D eigenvalue weighted by molar-refractivity contribution is 0.409. The van der Waals surface area contributed by atoms with Crippen LogP contribution in [-0.4, -0.2) is 0 Å². The van der Waals surface area contributed by atoms with Gasteiger partial charge in [-0.3, -0.25) is 0 Å². The molecule has 1 radical (unpaired) electrons. The molecule has 0 saturated carbocycles. The van der Waals surface area contributed by atoms with E-state index in [0.29, 0.717) is 0 Å². The van der Waals surface area contributed by atoms with Crippen LogP contribution in [0.3, 0.4) is 0 Å². The van der Waals surface area contributed by atoms with Crippen LogP contribution in [0, 0.1) is 40.7 Å². The van der Waals surface area contributed by atoms with Gasteiger partial charge >= 0.3 is 0 Å². The summed E-state index contributed by atoms with van der Waals surface area (Å²) in [5.74, 6) is -15.0. The molecule has 0 unspecified atom stereocenters. The van der Waals surface area contributed by atoms with Gasteiger partial charge in [0.15, 0.2) is 40.7 Å². The van der Waals surface area contributed by atoms with E-state index in [2.05, 4.69) is 12.6 Å². The molecule has 0 N–H and O–H groups in total. The first-order valence-corrected chi connectivity index (χ1v) is 4.69. The summed E-state index contributed by atoms with van der Waals surface area (Å²) in [6.45, 7) is 0. The van der Waals surface area contributed by atoms with E-state index in [1.165, 1.54) is 0 Å². The molecule has 0 amide bonds. The number of rotatable bonds is 0. The third kappa shape index (κ3) is 1.45. The zero-order valence-corrected chi connectivity index (χ0v) is 8.87. The van der Waals surface area contributed by atoms with Crippen LogP contribution in [0.4, 0.5) is 30.7 Å². The van der Waals surface area contributed by atoms with Crippen molar-refractivity contribution in [1.82, 2.24) is 0 Å². The quantitative estimate of drug-likeness (QED) is 0.383. The topological polar surface area (TPSA) is 0 Å². The Balaban J connectivity index is 3.22. The molecule has 2 aromatic rings. The number of hydrogen-bond donors (Lipinski definition) is 0. The third-order valence-electron chi connectivity index (χ3n) is 2.30. The molecule has 0 nitrogen and oxygen atoms in total. The van der Waals surface area contributed by atoms with Gasteiger partial charge in [0.2, 0.25) is 0 Å². The van der Waals surface area contributed by atoms with Crippen molar-refractivity contribution in [3.05, 3.63) is 40.7 Å². The van der Waals surface area contributed by atoms with Gasteiger partial charge in [-0.2, -0.15) is 0 Å². The minimum Gasteiger partial charge on any atom is -0.204 e. The number of halogens is 7. The van der Waals surface area contributed by atoms with Crippen LogP contribution in [0.5, 0.6) is 0 Å². The van der Waals surface area contributed by atoms with Gasteiger partial charge in [0.05, 0.1) is 10.8 Å². The maximum absolute atomic E-state index is 13.4. The molecule has 2 aromatic carbocycles. The maximum Gasteiger partial charge on any atom is 0.198 e. The van der Waals surface area contributed by atoms with Crippen molar-refractivity contribution in [2.24, 2.45) is 0 Å². The summed E-state index contributed by atoms with van der Waals surface area (Å²) in [6, 6.07) is 0. The Labute approximate surface area is 100 Å². The molecule has 0 aliphatic rings. The van der Waals surface area contributed by atoms with Gasteiger partial charge < -0.3 is 0 Å². The summed E-state index contributed by atoms with van der Waals surface area (Å²) >= 11 is 4.09. The Morgan fingerprint density at radius 2 is 0.778 bits per heavy atom. The second-order valence-corrected chi connectivity index (χ2v) is 3.69. The summed E-state index contributed by atoms with van der Waals surface area (Å²) < 4.78 is 91.8. The Hall–Kier alpha value is -1.57. The fourth-order valence-electron chi connectivity index (χ4n) is 1.46. The molecule has 18 heavy (non-hydrogen) atoms. The van der Waals surface area contributed by atoms with E-state index >= 15 is 0 Å².